The number of fused-ring (bicyclic) bond motifs is 4. The summed E-state index contributed by atoms with van der Waals surface area (Å²) < 4.78 is 35.4. The number of esters is 5. The van der Waals surface area contributed by atoms with Crippen LogP contribution in [-0.4, -0.2) is 94.5 Å². The van der Waals surface area contributed by atoms with Crippen molar-refractivity contribution in [2.24, 2.45) is 16.7 Å². The highest BCUT2D eigenvalue weighted by molar-refractivity contribution is 5.70. The fourth-order valence-corrected chi connectivity index (χ4v) is 8.44. The van der Waals surface area contributed by atoms with Gasteiger partial charge < -0.3 is 38.6 Å². The SMILES string of the molecule is CC(=O)O[C@H]1C[C@H]2OC[C@@]2(OC(C)=O)[C@H]2[C@H](OC(C)=O)[C@]3(C(C)(C)O)C[C@@H](OC(C)=O)C(C)=C3[C@@H](O)[C@H](OC(C)=O)[C@]12C. The van der Waals surface area contributed by atoms with Crippen LogP contribution in [0.3, 0.4) is 0 Å². The minimum absolute atomic E-state index is 0.000750. The van der Waals surface area contributed by atoms with Crippen molar-refractivity contribution in [3.63, 3.8) is 0 Å². The molecule has 43 heavy (non-hydrogen) atoms. The van der Waals surface area contributed by atoms with Gasteiger partial charge in [-0.05, 0) is 31.9 Å². The summed E-state index contributed by atoms with van der Waals surface area (Å²) in [7, 11) is 0. The average Bonchev–Trinajstić information content (AvgIpc) is 3.10. The molecule has 0 aromatic carbocycles. The fourth-order valence-electron chi connectivity index (χ4n) is 8.44. The number of ether oxygens (including phenoxy) is 6. The van der Waals surface area contributed by atoms with Gasteiger partial charge in [0, 0.05) is 47.5 Å². The van der Waals surface area contributed by atoms with E-state index in [2.05, 4.69) is 0 Å². The molecule has 3 aliphatic carbocycles. The van der Waals surface area contributed by atoms with Crippen molar-refractivity contribution < 1.29 is 62.6 Å². The average molecular weight is 611 g/mol. The minimum Gasteiger partial charge on any atom is -0.462 e. The first-order valence-corrected chi connectivity index (χ1v) is 14.4. The normalized spacial score (nSPS) is 40.0. The second kappa shape index (κ2) is 10.8. The van der Waals surface area contributed by atoms with E-state index < -0.39 is 94.4 Å². The van der Waals surface area contributed by atoms with Crippen LogP contribution < -0.4 is 0 Å². The van der Waals surface area contributed by atoms with E-state index in [1.165, 1.54) is 41.5 Å². The Kier molecular flexibility index (Phi) is 8.29. The highest BCUT2D eigenvalue weighted by Crippen LogP contribution is 2.68. The van der Waals surface area contributed by atoms with Crippen molar-refractivity contribution in [1.82, 2.24) is 0 Å². The van der Waals surface area contributed by atoms with E-state index in [9.17, 15) is 34.2 Å². The van der Waals surface area contributed by atoms with Crippen LogP contribution in [0.2, 0.25) is 0 Å². The van der Waals surface area contributed by atoms with Gasteiger partial charge in [0.25, 0.3) is 0 Å². The second-order valence-electron chi connectivity index (χ2n) is 13.0. The van der Waals surface area contributed by atoms with Gasteiger partial charge in [-0.25, -0.2) is 0 Å². The zero-order valence-electron chi connectivity index (χ0n) is 26.0. The Morgan fingerprint density at radius 2 is 1.40 bits per heavy atom. The van der Waals surface area contributed by atoms with Crippen LogP contribution in [0.15, 0.2) is 11.1 Å². The summed E-state index contributed by atoms with van der Waals surface area (Å²) in [4.78, 5) is 63.0. The largest absolute Gasteiger partial charge is 0.462 e. The Balaban J connectivity index is 2.18. The Morgan fingerprint density at radius 3 is 1.84 bits per heavy atom. The van der Waals surface area contributed by atoms with Crippen LogP contribution in [-0.2, 0) is 52.4 Å². The highest BCUT2D eigenvalue weighted by Gasteiger charge is 2.80. The predicted octanol–water partition coefficient (Wildman–Crippen LogP) is 1.29. The zero-order chi connectivity index (χ0) is 32.4. The monoisotopic (exact) mass is 610 g/mol. The Hall–Kier alpha value is -3.03. The first-order chi connectivity index (χ1) is 19.7. The van der Waals surface area contributed by atoms with Crippen molar-refractivity contribution in [3.8, 4) is 0 Å². The molecule has 0 amide bonds. The molecule has 1 aliphatic heterocycles. The second-order valence-corrected chi connectivity index (χ2v) is 13.0. The van der Waals surface area contributed by atoms with E-state index in [1.54, 1.807) is 13.8 Å². The molecule has 0 aromatic rings. The van der Waals surface area contributed by atoms with Crippen molar-refractivity contribution in [1.29, 1.82) is 0 Å². The lowest BCUT2D eigenvalue weighted by molar-refractivity contribution is -0.353. The third-order valence-electron chi connectivity index (χ3n) is 9.88. The summed E-state index contributed by atoms with van der Waals surface area (Å²) in [6.45, 7) is 12.0. The summed E-state index contributed by atoms with van der Waals surface area (Å²) in [6, 6.07) is 0. The summed E-state index contributed by atoms with van der Waals surface area (Å²) >= 11 is 0. The summed E-state index contributed by atoms with van der Waals surface area (Å²) in [5.41, 5.74) is -6.06. The molecule has 1 heterocycles. The van der Waals surface area contributed by atoms with Crippen molar-refractivity contribution >= 4 is 29.8 Å². The molecule has 240 valence electrons. The summed E-state index contributed by atoms with van der Waals surface area (Å²) in [6.07, 6.45) is -7.58. The van der Waals surface area contributed by atoms with Gasteiger partial charge in [-0.15, -0.1) is 0 Å². The van der Waals surface area contributed by atoms with Crippen molar-refractivity contribution in [3.05, 3.63) is 11.1 Å². The third kappa shape index (κ3) is 4.93. The lowest BCUT2D eigenvalue weighted by atomic mass is 9.49. The molecule has 1 saturated heterocycles. The maximum atomic E-state index is 13.0. The molecule has 13 heteroatoms. The summed E-state index contributed by atoms with van der Waals surface area (Å²) in [5, 5.41) is 24.4. The van der Waals surface area contributed by atoms with E-state index in [1.807, 2.05) is 0 Å². The number of aliphatic hydroxyl groups excluding tert-OH is 1. The van der Waals surface area contributed by atoms with E-state index in [4.69, 9.17) is 28.4 Å². The Bertz CT molecular complexity index is 1250. The third-order valence-corrected chi connectivity index (χ3v) is 9.88. The molecule has 13 nitrogen and oxygen atoms in total. The van der Waals surface area contributed by atoms with Crippen LogP contribution in [0.4, 0.5) is 0 Å². The van der Waals surface area contributed by atoms with Gasteiger partial charge in [-0.2, -0.15) is 0 Å². The van der Waals surface area contributed by atoms with E-state index in [0.717, 1.165) is 6.92 Å². The quantitative estimate of drug-likeness (QED) is 0.250. The molecule has 0 spiro atoms. The van der Waals surface area contributed by atoms with Crippen LogP contribution >= 0.6 is 0 Å². The lowest BCUT2D eigenvalue weighted by Gasteiger charge is -2.65. The molecular formula is C30H42O13. The smallest absolute Gasteiger partial charge is 0.303 e. The van der Waals surface area contributed by atoms with Crippen molar-refractivity contribution in [2.75, 3.05) is 6.61 Å². The van der Waals surface area contributed by atoms with Gasteiger partial charge in [0.2, 0.25) is 0 Å². The maximum Gasteiger partial charge on any atom is 0.303 e. The zero-order valence-corrected chi connectivity index (χ0v) is 26.0. The van der Waals surface area contributed by atoms with Gasteiger partial charge in [0.1, 0.15) is 36.6 Å². The van der Waals surface area contributed by atoms with Gasteiger partial charge in [0.15, 0.2) is 5.60 Å². The van der Waals surface area contributed by atoms with Gasteiger partial charge in [0.05, 0.1) is 29.0 Å². The first kappa shape index (κ1) is 32.9. The molecule has 0 aromatic heterocycles. The minimum atomic E-state index is -1.79. The van der Waals surface area contributed by atoms with Crippen LogP contribution in [0, 0.1) is 16.7 Å². The molecule has 4 aliphatic rings. The molecule has 4 rings (SSSR count). The van der Waals surface area contributed by atoms with Crippen LogP contribution in [0.5, 0.6) is 0 Å². The van der Waals surface area contributed by atoms with Gasteiger partial charge in [-0.3, -0.25) is 24.0 Å². The standard InChI is InChI=1S/C30H42O13/c1-13-19(39-14(2)31)11-29(27(7,8)37)22(13)23(36)25(41-16(4)33)28(9)20(40-15(3)32)10-21-30(12-38-21,43-18(6)35)24(28)26(29)42-17(5)34/h19-21,23-26,36-37H,10-12H2,1-9H3/t19-,20+,21-,23-,24+,25+,26+,28-,29+,30+/m1/s1. The number of aliphatic hydroxyl groups is 2. The molecule has 2 N–H and O–H groups in total. The molecule has 0 radical (unpaired) electrons. The highest BCUT2D eigenvalue weighted by atomic mass is 16.6. The Morgan fingerprint density at radius 1 is 0.860 bits per heavy atom. The van der Waals surface area contributed by atoms with Crippen LogP contribution in [0.1, 0.15) is 75.2 Å². The number of rotatable bonds is 6. The first-order valence-electron chi connectivity index (χ1n) is 14.4. The number of hydrogen-bond acceptors (Lipinski definition) is 13. The number of hydrogen-bond donors (Lipinski definition) is 2. The van der Waals surface area contributed by atoms with Gasteiger partial charge >= 0.3 is 29.8 Å². The molecule has 2 saturated carbocycles. The lowest BCUT2D eigenvalue weighted by Crippen LogP contribution is -2.79. The van der Waals surface area contributed by atoms with E-state index in [0.29, 0.717) is 5.57 Å². The topological polar surface area (TPSA) is 181 Å². The fraction of sp³-hybridized carbons (Fsp3) is 0.767. The predicted molar refractivity (Wildman–Crippen MR) is 145 cm³/mol. The Labute approximate surface area is 250 Å². The molecule has 0 unspecified atom stereocenters. The van der Waals surface area contributed by atoms with E-state index >= 15 is 0 Å². The number of carbonyl (C=O) groups excluding carboxylic acids is 5. The molecule has 0 bridgehead atoms. The van der Waals surface area contributed by atoms with E-state index in [-0.39, 0.29) is 25.0 Å². The maximum absolute atomic E-state index is 13.0. The number of carbonyl (C=O) groups is 5. The van der Waals surface area contributed by atoms with Gasteiger partial charge in [-0.1, -0.05) is 6.92 Å². The van der Waals surface area contributed by atoms with Crippen molar-refractivity contribution in [2.45, 2.75) is 123 Å². The molecular weight excluding hydrogens is 568 g/mol. The van der Waals surface area contributed by atoms with Crippen LogP contribution in [0.25, 0.3) is 0 Å². The molecule has 3 fully saturated rings. The summed E-state index contributed by atoms with van der Waals surface area (Å²) in [5.74, 6) is -4.68. The molecule has 10 atom stereocenters.